The molecule has 0 unspecified atom stereocenters. The SMILES string of the molecule is CCNc1nc(Nc2c(C)cc(C)cc2C)cc(-c2cccc(OC(F)(F)F)c2)n1. The van der Waals surface area contributed by atoms with E-state index in [0.29, 0.717) is 29.6 Å². The van der Waals surface area contributed by atoms with Crippen molar-refractivity contribution in [3.05, 3.63) is 59.2 Å². The van der Waals surface area contributed by atoms with Gasteiger partial charge in [0.05, 0.1) is 5.69 Å². The summed E-state index contributed by atoms with van der Waals surface area (Å²) < 4.78 is 41.8. The van der Waals surface area contributed by atoms with Crippen LogP contribution < -0.4 is 15.4 Å². The molecule has 0 aliphatic rings. The average molecular weight is 416 g/mol. The molecular formula is C22H23F3N4O. The number of nitrogens with zero attached hydrogens (tertiary/aromatic N) is 2. The molecule has 0 radical (unpaired) electrons. The molecule has 0 aliphatic heterocycles. The number of rotatable bonds is 6. The summed E-state index contributed by atoms with van der Waals surface area (Å²) in [5.74, 6) is 0.610. The summed E-state index contributed by atoms with van der Waals surface area (Å²) in [4.78, 5) is 8.92. The molecule has 0 atom stereocenters. The molecule has 3 aromatic rings. The van der Waals surface area contributed by atoms with Crippen LogP contribution in [0, 0.1) is 20.8 Å². The number of aromatic nitrogens is 2. The molecule has 30 heavy (non-hydrogen) atoms. The number of alkyl halides is 3. The zero-order valence-corrected chi connectivity index (χ0v) is 17.2. The Morgan fingerprint density at radius 1 is 0.967 bits per heavy atom. The Hall–Kier alpha value is -3.29. The van der Waals surface area contributed by atoms with Crippen LogP contribution >= 0.6 is 0 Å². The minimum atomic E-state index is -4.76. The van der Waals surface area contributed by atoms with Crippen LogP contribution in [0.25, 0.3) is 11.3 Å². The largest absolute Gasteiger partial charge is 0.573 e. The van der Waals surface area contributed by atoms with Crippen molar-refractivity contribution in [3.63, 3.8) is 0 Å². The van der Waals surface area contributed by atoms with Crippen LogP contribution in [0.3, 0.4) is 0 Å². The van der Waals surface area contributed by atoms with Crippen LogP contribution in [0.15, 0.2) is 42.5 Å². The van der Waals surface area contributed by atoms with Gasteiger partial charge in [-0.15, -0.1) is 13.2 Å². The number of benzene rings is 2. The molecule has 0 saturated carbocycles. The average Bonchev–Trinajstić information content (AvgIpc) is 2.63. The lowest BCUT2D eigenvalue weighted by Crippen LogP contribution is -2.17. The van der Waals surface area contributed by atoms with Gasteiger partial charge in [-0.3, -0.25) is 0 Å². The van der Waals surface area contributed by atoms with Crippen molar-refractivity contribution in [3.8, 4) is 17.0 Å². The van der Waals surface area contributed by atoms with Crippen molar-refractivity contribution in [2.75, 3.05) is 17.2 Å². The van der Waals surface area contributed by atoms with Crippen LogP contribution in [0.5, 0.6) is 5.75 Å². The summed E-state index contributed by atoms with van der Waals surface area (Å²) in [5.41, 5.74) is 5.18. The van der Waals surface area contributed by atoms with Gasteiger partial charge in [0.2, 0.25) is 5.95 Å². The summed E-state index contributed by atoms with van der Waals surface area (Å²) in [6, 6.07) is 11.6. The van der Waals surface area contributed by atoms with Crippen LogP contribution in [-0.2, 0) is 0 Å². The van der Waals surface area contributed by atoms with Gasteiger partial charge in [0, 0.05) is 23.9 Å². The van der Waals surface area contributed by atoms with Crippen LogP contribution in [0.1, 0.15) is 23.6 Å². The molecule has 0 spiro atoms. The zero-order valence-electron chi connectivity index (χ0n) is 17.2. The molecule has 5 nitrogen and oxygen atoms in total. The van der Waals surface area contributed by atoms with E-state index >= 15 is 0 Å². The maximum absolute atomic E-state index is 12.6. The molecule has 2 N–H and O–H groups in total. The second-order valence-corrected chi connectivity index (χ2v) is 6.97. The van der Waals surface area contributed by atoms with Crippen LogP contribution in [0.4, 0.5) is 30.6 Å². The van der Waals surface area contributed by atoms with E-state index in [0.717, 1.165) is 22.4 Å². The van der Waals surface area contributed by atoms with Gasteiger partial charge in [-0.2, -0.15) is 4.98 Å². The topological polar surface area (TPSA) is 59.1 Å². The second kappa shape index (κ2) is 8.61. The smallest absolute Gasteiger partial charge is 0.406 e. The predicted octanol–water partition coefficient (Wildman–Crippen LogP) is 6.14. The lowest BCUT2D eigenvalue weighted by Gasteiger charge is -2.15. The lowest BCUT2D eigenvalue weighted by atomic mass is 10.1. The van der Waals surface area contributed by atoms with Gasteiger partial charge in [0.25, 0.3) is 0 Å². The van der Waals surface area contributed by atoms with E-state index in [9.17, 15) is 13.2 Å². The molecule has 0 bridgehead atoms. The van der Waals surface area contributed by atoms with Gasteiger partial charge in [-0.1, -0.05) is 29.8 Å². The van der Waals surface area contributed by atoms with Gasteiger partial charge < -0.3 is 15.4 Å². The maximum atomic E-state index is 12.6. The van der Waals surface area contributed by atoms with Crippen molar-refractivity contribution >= 4 is 17.5 Å². The number of halogens is 3. The summed E-state index contributed by atoms with van der Waals surface area (Å²) in [7, 11) is 0. The van der Waals surface area contributed by atoms with E-state index in [1.54, 1.807) is 12.1 Å². The highest BCUT2D eigenvalue weighted by atomic mass is 19.4. The lowest BCUT2D eigenvalue weighted by molar-refractivity contribution is -0.274. The number of ether oxygens (including phenoxy) is 1. The summed E-state index contributed by atoms with van der Waals surface area (Å²) in [5, 5.41) is 6.39. The molecule has 0 fully saturated rings. The first kappa shape index (κ1) is 21.4. The van der Waals surface area contributed by atoms with E-state index in [2.05, 4.69) is 37.5 Å². The van der Waals surface area contributed by atoms with E-state index in [1.165, 1.54) is 18.2 Å². The standard InChI is InChI=1S/C22H23F3N4O/c1-5-26-21-27-18(16-7-6-8-17(11-16)30-22(23,24)25)12-19(29-21)28-20-14(3)9-13(2)10-15(20)4/h6-12H,5H2,1-4H3,(H2,26,27,28,29). The molecule has 0 amide bonds. The number of anilines is 3. The first-order valence-electron chi connectivity index (χ1n) is 9.48. The third-order valence-electron chi connectivity index (χ3n) is 4.35. The first-order chi connectivity index (χ1) is 14.1. The van der Waals surface area contributed by atoms with Gasteiger partial charge in [0.15, 0.2) is 0 Å². The Morgan fingerprint density at radius 3 is 2.30 bits per heavy atom. The van der Waals surface area contributed by atoms with Crippen LogP contribution in [0.2, 0.25) is 0 Å². The molecule has 2 aromatic carbocycles. The summed E-state index contributed by atoms with van der Waals surface area (Å²) in [6.45, 7) is 8.56. The monoisotopic (exact) mass is 416 g/mol. The number of nitrogens with one attached hydrogen (secondary N) is 2. The van der Waals surface area contributed by atoms with E-state index in [4.69, 9.17) is 0 Å². The van der Waals surface area contributed by atoms with Gasteiger partial charge >= 0.3 is 6.36 Å². The molecule has 1 aromatic heterocycles. The van der Waals surface area contributed by atoms with Gasteiger partial charge in [0.1, 0.15) is 11.6 Å². The van der Waals surface area contributed by atoms with Crippen LogP contribution in [-0.4, -0.2) is 22.9 Å². The number of aryl methyl sites for hydroxylation is 3. The van der Waals surface area contributed by atoms with E-state index < -0.39 is 6.36 Å². The van der Waals surface area contributed by atoms with Crippen molar-refractivity contribution in [1.29, 1.82) is 0 Å². The Labute approximate surface area is 173 Å². The first-order valence-corrected chi connectivity index (χ1v) is 9.48. The Bertz CT molecular complexity index is 1030. The van der Waals surface area contributed by atoms with E-state index in [1.807, 2.05) is 27.7 Å². The normalized spacial score (nSPS) is 11.3. The maximum Gasteiger partial charge on any atom is 0.573 e. The summed E-state index contributed by atoms with van der Waals surface area (Å²) in [6.07, 6.45) is -4.76. The molecule has 158 valence electrons. The Kier molecular flexibility index (Phi) is 6.14. The fourth-order valence-corrected chi connectivity index (χ4v) is 3.25. The molecule has 0 aliphatic carbocycles. The Balaban J connectivity index is 2.01. The van der Waals surface area contributed by atoms with Crippen molar-refractivity contribution < 1.29 is 17.9 Å². The van der Waals surface area contributed by atoms with Gasteiger partial charge in [-0.05, 0) is 51.0 Å². The fourth-order valence-electron chi connectivity index (χ4n) is 3.25. The molecular weight excluding hydrogens is 393 g/mol. The van der Waals surface area contributed by atoms with Crippen molar-refractivity contribution in [1.82, 2.24) is 9.97 Å². The third-order valence-corrected chi connectivity index (χ3v) is 4.35. The molecule has 8 heteroatoms. The van der Waals surface area contributed by atoms with E-state index in [-0.39, 0.29) is 5.75 Å². The molecule has 3 rings (SSSR count). The van der Waals surface area contributed by atoms with Gasteiger partial charge in [-0.25, -0.2) is 4.98 Å². The number of hydrogen-bond acceptors (Lipinski definition) is 5. The highest BCUT2D eigenvalue weighted by molar-refractivity contribution is 5.71. The fraction of sp³-hybridized carbons (Fsp3) is 0.273. The highest BCUT2D eigenvalue weighted by Gasteiger charge is 2.31. The minimum Gasteiger partial charge on any atom is -0.406 e. The molecule has 0 saturated heterocycles. The zero-order chi connectivity index (χ0) is 21.9. The second-order valence-electron chi connectivity index (χ2n) is 6.97. The minimum absolute atomic E-state index is 0.302. The quantitative estimate of drug-likeness (QED) is 0.505. The third kappa shape index (κ3) is 5.40. The van der Waals surface area contributed by atoms with Crippen molar-refractivity contribution in [2.45, 2.75) is 34.1 Å². The Morgan fingerprint density at radius 2 is 1.67 bits per heavy atom. The summed E-state index contributed by atoms with van der Waals surface area (Å²) >= 11 is 0. The number of hydrogen-bond donors (Lipinski definition) is 2. The highest BCUT2D eigenvalue weighted by Crippen LogP contribution is 2.30. The molecule has 1 heterocycles. The van der Waals surface area contributed by atoms with Crippen molar-refractivity contribution in [2.24, 2.45) is 0 Å². The predicted molar refractivity (Wildman–Crippen MR) is 112 cm³/mol.